The molecule has 8 nitrogen and oxygen atoms in total. The van der Waals surface area contributed by atoms with E-state index in [0.29, 0.717) is 24.7 Å². The van der Waals surface area contributed by atoms with Crippen LogP contribution in [0.25, 0.3) is 0 Å². The number of anilines is 1. The van der Waals surface area contributed by atoms with E-state index in [9.17, 15) is 4.79 Å². The Hall–Kier alpha value is -3.20. The molecule has 4 aromatic rings. The van der Waals surface area contributed by atoms with E-state index in [-0.39, 0.29) is 5.91 Å². The molecule has 0 saturated carbocycles. The molecule has 0 spiro atoms. The van der Waals surface area contributed by atoms with E-state index in [4.69, 9.17) is 0 Å². The third-order valence-electron chi connectivity index (χ3n) is 4.84. The molecule has 0 unspecified atom stereocenters. The summed E-state index contributed by atoms with van der Waals surface area (Å²) in [4.78, 5) is 12.6. The first-order chi connectivity index (χ1) is 14.4. The molecule has 0 atom stereocenters. The molecule has 1 amide bonds. The van der Waals surface area contributed by atoms with Gasteiger partial charge in [0.1, 0.15) is 6.67 Å². The molecule has 1 aromatic carbocycles. The molecule has 3 aromatic heterocycles. The van der Waals surface area contributed by atoms with Gasteiger partial charge in [0.05, 0.1) is 22.4 Å². The lowest BCUT2D eigenvalue weighted by molar-refractivity contribution is 0.102. The summed E-state index contributed by atoms with van der Waals surface area (Å²) in [6.07, 6.45) is 1.76. The fourth-order valence-electron chi connectivity index (χ4n) is 3.18. The third kappa shape index (κ3) is 4.20. The molecule has 0 aliphatic heterocycles. The van der Waals surface area contributed by atoms with Crippen molar-refractivity contribution in [2.24, 2.45) is 0 Å². The van der Waals surface area contributed by atoms with Crippen molar-refractivity contribution >= 4 is 27.7 Å². The van der Waals surface area contributed by atoms with Gasteiger partial charge in [0, 0.05) is 18.0 Å². The van der Waals surface area contributed by atoms with Crippen LogP contribution in [-0.4, -0.2) is 35.2 Å². The molecule has 1 N–H and O–H groups in total. The maximum Gasteiger partial charge on any atom is 0.277 e. The minimum atomic E-state index is -0.298. The molecular weight excluding hydrogens is 446 g/mol. The van der Waals surface area contributed by atoms with Gasteiger partial charge in [-0.2, -0.15) is 15.3 Å². The molecule has 3 heterocycles. The number of benzene rings is 1. The highest BCUT2D eigenvalue weighted by molar-refractivity contribution is 9.10. The van der Waals surface area contributed by atoms with Gasteiger partial charge < -0.3 is 5.32 Å². The minimum Gasteiger partial charge on any atom is -0.304 e. The summed E-state index contributed by atoms with van der Waals surface area (Å²) in [6.45, 7) is 6.96. The normalized spacial score (nSPS) is 11.1. The van der Waals surface area contributed by atoms with Gasteiger partial charge in [0.15, 0.2) is 11.5 Å². The van der Waals surface area contributed by atoms with Crippen molar-refractivity contribution in [1.82, 2.24) is 29.3 Å². The number of carbonyl (C=O) groups is 1. The fourth-order valence-corrected chi connectivity index (χ4v) is 3.46. The van der Waals surface area contributed by atoms with Crippen LogP contribution in [0.4, 0.5) is 5.82 Å². The Balaban J connectivity index is 1.43. The maximum absolute atomic E-state index is 12.6. The van der Waals surface area contributed by atoms with E-state index >= 15 is 0 Å². The number of aryl methyl sites for hydroxylation is 2. The van der Waals surface area contributed by atoms with Gasteiger partial charge in [-0.1, -0.05) is 30.3 Å². The molecule has 30 heavy (non-hydrogen) atoms. The summed E-state index contributed by atoms with van der Waals surface area (Å²) in [5.41, 5.74) is 4.37. The number of nitrogens with zero attached hydrogens (tertiary/aromatic N) is 6. The Labute approximate surface area is 182 Å². The van der Waals surface area contributed by atoms with Gasteiger partial charge in [-0.3, -0.25) is 14.2 Å². The Kier molecular flexibility index (Phi) is 5.54. The topological polar surface area (TPSA) is 82.6 Å². The van der Waals surface area contributed by atoms with Crippen LogP contribution in [-0.2, 0) is 13.2 Å². The quantitative estimate of drug-likeness (QED) is 0.467. The van der Waals surface area contributed by atoms with E-state index in [1.807, 2.05) is 66.5 Å². The van der Waals surface area contributed by atoms with E-state index in [1.165, 1.54) is 0 Å². The van der Waals surface area contributed by atoms with Crippen molar-refractivity contribution in [3.8, 4) is 0 Å². The van der Waals surface area contributed by atoms with Gasteiger partial charge in [-0.15, -0.1) is 0 Å². The van der Waals surface area contributed by atoms with Gasteiger partial charge >= 0.3 is 0 Å². The molecule has 0 aliphatic carbocycles. The third-order valence-corrected chi connectivity index (χ3v) is 5.99. The molecule has 0 saturated heterocycles. The molecule has 0 bridgehead atoms. The number of hydrogen-bond acceptors (Lipinski definition) is 4. The summed E-state index contributed by atoms with van der Waals surface area (Å²) in [7, 11) is 0. The number of amides is 1. The lowest BCUT2D eigenvalue weighted by Gasteiger charge is -2.05. The van der Waals surface area contributed by atoms with Crippen LogP contribution < -0.4 is 5.32 Å². The molecule has 9 heteroatoms. The minimum absolute atomic E-state index is 0.298. The van der Waals surface area contributed by atoms with Gasteiger partial charge in [-0.25, -0.2) is 4.68 Å². The van der Waals surface area contributed by atoms with E-state index in [2.05, 4.69) is 36.5 Å². The first-order valence-corrected chi connectivity index (χ1v) is 10.3. The lowest BCUT2D eigenvalue weighted by Crippen LogP contribution is -2.16. The van der Waals surface area contributed by atoms with Crippen molar-refractivity contribution in [2.45, 2.75) is 34.0 Å². The predicted molar refractivity (Wildman–Crippen MR) is 117 cm³/mol. The number of hydrogen-bond donors (Lipinski definition) is 1. The maximum atomic E-state index is 12.6. The summed E-state index contributed by atoms with van der Waals surface area (Å²) >= 11 is 3.52. The van der Waals surface area contributed by atoms with Crippen LogP contribution in [0.15, 0.2) is 53.1 Å². The van der Waals surface area contributed by atoms with Crippen LogP contribution in [0.5, 0.6) is 0 Å². The highest BCUT2D eigenvalue weighted by Gasteiger charge is 2.14. The van der Waals surface area contributed by atoms with Gasteiger partial charge in [-0.05, 0) is 48.3 Å². The summed E-state index contributed by atoms with van der Waals surface area (Å²) in [5, 5.41) is 16.2. The molecule has 154 valence electrons. The standard InChI is InChI=1S/C21H22BrN7O/c1-14-11-19(26-28(14)12-17-7-5-4-6-8-17)23-21(30)18-9-10-27(25-18)13-29-16(3)20(22)15(2)24-29/h4-11H,12-13H2,1-3H3,(H,23,26,30). The number of carbonyl (C=O) groups excluding carboxylic acids is 1. The van der Waals surface area contributed by atoms with Crippen LogP contribution >= 0.6 is 15.9 Å². The van der Waals surface area contributed by atoms with Crippen molar-refractivity contribution in [3.05, 3.63) is 81.5 Å². The van der Waals surface area contributed by atoms with Crippen molar-refractivity contribution in [1.29, 1.82) is 0 Å². The first kappa shape index (κ1) is 20.1. The second-order valence-electron chi connectivity index (χ2n) is 7.13. The molecule has 0 aliphatic rings. The Bertz CT molecular complexity index is 1190. The lowest BCUT2D eigenvalue weighted by atomic mass is 10.2. The zero-order chi connectivity index (χ0) is 21.3. The Morgan fingerprint density at radius 2 is 1.80 bits per heavy atom. The largest absolute Gasteiger partial charge is 0.304 e. The second-order valence-corrected chi connectivity index (χ2v) is 7.93. The van der Waals surface area contributed by atoms with Crippen LogP contribution in [0, 0.1) is 20.8 Å². The van der Waals surface area contributed by atoms with Gasteiger partial charge in [0.25, 0.3) is 5.91 Å². The number of aromatic nitrogens is 6. The number of nitrogens with one attached hydrogen (secondary N) is 1. The fraction of sp³-hybridized carbons (Fsp3) is 0.238. The Morgan fingerprint density at radius 1 is 1.03 bits per heavy atom. The van der Waals surface area contributed by atoms with Crippen molar-refractivity contribution in [3.63, 3.8) is 0 Å². The molecule has 4 rings (SSSR count). The first-order valence-electron chi connectivity index (χ1n) is 9.53. The average Bonchev–Trinajstić information content (AvgIpc) is 3.39. The molecular formula is C21H22BrN7O. The average molecular weight is 468 g/mol. The van der Waals surface area contributed by atoms with Crippen molar-refractivity contribution < 1.29 is 4.79 Å². The van der Waals surface area contributed by atoms with Crippen molar-refractivity contribution in [2.75, 3.05) is 5.32 Å². The number of rotatable bonds is 6. The zero-order valence-electron chi connectivity index (χ0n) is 17.0. The summed E-state index contributed by atoms with van der Waals surface area (Å²) in [6, 6.07) is 13.6. The van der Waals surface area contributed by atoms with Crippen LogP contribution in [0.2, 0.25) is 0 Å². The molecule has 0 fully saturated rings. The summed E-state index contributed by atoms with van der Waals surface area (Å²) in [5.74, 6) is 0.207. The zero-order valence-corrected chi connectivity index (χ0v) is 18.6. The smallest absolute Gasteiger partial charge is 0.277 e. The van der Waals surface area contributed by atoms with Crippen LogP contribution in [0.1, 0.15) is 33.1 Å². The SMILES string of the molecule is Cc1nn(Cn2ccc(C(=O)Nc3cc(C)n(Cc4ccccc4)n3)n2)c(C)c1Br. The second kappa shape index (κ2) is 8.27. The molecule has 0 radical (unpaired) electrons. The predicted octanol–water partition coefficient (Wildman–Crippen LogP) is 3.77. The summed E-state index contributed by atoms with van der Waals surface area (Å²) < 4.78 is 6.36. The highest BCUT2D eigenvalue weighted by Crippen LogP contribution is 2.19. The van der Waals surface area contributed by atoms with E-state index < -0.39 is 0 Å². The monoisotopic (exact) mass is 467 g/mol. The number of halogens is 1. The van der Waals surface area contributed by atoms with E-state index in [0.717, 1.165) is 27.1 Å². The highest BCUT2D eigenvalue weighted by atomic mass is 79.9. The van der Waals surface area contributed by atoms with Crippen LogP contribution in [0.3, 0.4) is 0 Å². The van der Waals surface area contributed by atoms with Gasteiger partial charge in [0.2, 0.25) is 0 Å². The van der Waals surface area contributed by atoms with E-state index in [1.54, 1.807) is 16.9 Å². The Morgan fingerprint density at radius 3 is 2.50 bits per heavy atom.